The van der Waals surface area contributed by atoms with Crippen LogP contribution in [0.4, 0.5) is 9.18 Å². The molecular weight excluding hydrogens is 619 g/mol. The molecule has 1 aromatic carbocycles. The van der Waals surface area contributed by atoms with Crippen molar-refractivity contribution in [3.63, 3.8) is 0 Å². The van der Waals surface area contributed by atoms with Crippen molar-refractivity contribution in [3.05, 3.63) is 48.3 Å². The van der Waals surface area contributed by atoms with E-state index in [1.54, 1.807) is 34.3 Å². The molecule has 2 aliphatic rings. The third-order valence-corrected chi connectivity index (χ3v) is 8.79. The van der Waals surface area contributed by atoms with Crippen LogP contribution >= 0.6 is 0 Å². The number of rotatable bonds is 12. The zero-order chi connectivity index (χ0) is 34.7. The lowest BCUT2D eigenvalue weighted by molar-refractivity contribution is -0.141. The van der Waals surface area contributed by atoms with Crippen LogP contribution in [0.15, 0.2) is 42.7 Å². The average molecular weight is 669 g/mol. The summed E-state index contributed by atoms with van der Waals surface area (Å²) >= 11 is 0. The second-order valence-electron chi connectivity index (χ2n) is 13.5. The lowest BCUT2D eigenvalue weighted by Crippen LogP contribution is -2.46. The van der Waals surface area contributed by atoms with Crippen molar-refractivity contribution in [2.45, 2.75) is 77.4 Å². The van der Waals surface area contributed by atoms with Crippen LogP contribution in [0.25, 0.3) is 11.1 Å². The van der Waals surface area contributed by atoms with Gasteiger partial charge in [-0.15, -0.1) is 0 Å². The van der Waals surface area contributed by atoms with Crippen molar-refractivity contribution in [1.82, 2.24) is 20.1 Å². The van der Waals surface area contributed by atoms with E-state index < -0.39 is 30.2 Å². The number of aromatic nitrogens is 1. The third-order valence-electron chi connectivity index (χ3n) is 8.79. The van der Waals surface area contributed by atoms with Gasteiger partial charge in [0, 0.05) is 50.6 Å². The molecular formula is C36H49FN4O7. The van der Waals surface area contributed by atoms with Gasteiger partial charge in [0.15, 0.2) is 0 Å². The number of hydrogen-bond acceptors (Lipinski definition) is 8. The summed E-state index contributed by atoms with van der Waals surface area (Å²) in [4.78, 5) is 59.4. The second kappa shape index (κ2) is 17.3. The maximum absolute atomic E-state index is 13.6. The summed E-state index contributed by atoms with van der Waals surface area (Å²) in [6, 6.07) is 8.36. The van der Waals surface area contributed by atoms with Crippen molar-refractivity contribution in [2.75, 3.05) is 46.6 Å². The molecule has 3 heterocycles. The summed E-state index contributed by atoms with van der Waals surface area (Å²) < 4.78 is 28.2. The van der Waals surface area contributed by atoms with Crippen LogP contribution in [-0.2, 0) is 23.9 Å². The molecule has 0 aliphatic carbocycles. The fraction of sp³-hybridized carbons (Fsp3) is 0.583. The number of hydrogen-bond donors (Lipinski definition) is 1. The number of methoxy groups -OCH3 is 1. The second-order valence-corrected chi connectivity index (χ2v) is 13.5. The van der Waals surface area contributed by atoms with Gasteiger partial charge in [-0.2, -0.15) is 0 Å². The van der Waals surface area contributed by atoms with E-state index in [1.807, 2.05) is 39.0 Å². The van der Waals surface area contributed by atoms with Gasteiger partial charge in [0.25, 0.3) is 0 Å². The van der Waals surface area contributed by atoms with E-state index in [0.717, 1.165) is 30.4 Å². The largest absolute Gasteiger partial charge is 0.491 e. The number of benzene rings is 1. The molecule has 1 aromatic heterocycles. The van der Waals surface area contributed by atoms with Crippen molar-refractivity contribution >= 4 is 23.9 Å². The zero-order valence-corrected chi connectivity index (χ0v) is 28.5. The quantitative estimate of drug-likeness (QED) is 0.295. The smallest absolute Gasteiger partial charge is 0.410 e. The summed E-state index contributed by atoms with van der Waals surface area (Å²) in [5.74, 6) is -0.170. The standard InChI is InChI=1S/C36H49FN4O7/c1-36(2,3)48-35(45)40-17-13-25(14-18-40)7-12-32(42)41-16-5-6-27(24-41)34(44)39-31(21-33(43)46-4)29-20-28(22-38-23-29)26-8-10-30(11-9-26)47-19-15-37/h8-11,20,22-23,25,27,31H,5-7,12-19,21,24H2,1-4H3,(H,39,44). The molecule has 2 unspecified atom stereocenters. The lowest BCUT2D eigenvalue weighted by Gasteiger charge is -2.35. The number of piperidine rings is 2. The molecule has 2 saturated heterocycles. The number of alkyl halides is 1. The molecule has 3 amide bonds. The molecule has 48 heavy (non-hydrogen) atoms. The predicted molar refractivity (Wildman–Crippen MR) is 178 cm³/mol. The minimum Gasteiger partial charge on any atom is -0.491 e. The summed E-state index contributed by atoms with van der Waals surface area (Å²) in [5.41, 5.74) is 1.73. The van der Waals surface area contributed by atoms with Gasteiger partial charge in [-0.05, 0) is 88.1 Å². The number of ether oxygens (including phenoxy) is 3. The van der Waals surface area contributed by atoms with Gasteiger partial charge in [-0.25, -0.2) is 9.18 Å². The lowest BCUT2D eigenvalue weighted by atomic mass is 9.91. The molecule has 0 saturated carbocycles. The van der Waals surface area contributed by atoms with Crippen LogP contribution in [-0.4, -0.2) is 90.8 Å². The maximum atomic E-state index is 13.6. The number of esters is 1. The van der Waals surface area contributed by atoms with Gasteiger partial charge < -0.3 is 29.3 Å². The molecule has 2 fully saturated rings. The number of halogens is 1. The molecule has 0 radical (unpaired) electrons. The van der Waals surface area contributed by atoms with Gasteiger partial charge in [0.1, 0.15) is 24.6 Å². The first kappa shape index (κ1) is 36.6. The molecule has 0 bridgehead atoms. The molecule has 2 aromatic rings. The summed E-state index contributed by atoms with van der Waals surface area (Å²) in [6.45, 7) is 7.14. The number of likely N-dealkylation sites (tertiary alicyclic amines) is 2. The van der Waals surface area contributed by atoms with Gasteiger partial charge in [-0.3, -0.25) is 19.4 Å². The average Bonchev–Trinajstić information content (AvgIpc) is 3.09. The molecule has 0 spiro atoms. The first-order valence-corrected chi connectivity index (χ1v) is 16.8. The van der Waals surface area contributed by atoms with Crippen LogP contribution in [0.5, 0.6) is 5.75 Å². The molecule has 2 atom stereocenters. The van der Waals surface area contributed by atoms with E-state index in [-0.39, 0.29) is 30.9 Å². The Morgan fingerprint density at radius 3 is 2.40 bits per heavy atom. The van der Waals surface area contributed by atoms with Gasteiger partial charge in [-0.1, -0.05) is 12.1 Å². The Morgan fingerprint density at radius 1 is 1.00 bits per heavy atom. The Balaban J connectivity index is 1.32. The van der Waals surface area contributed by atoms with Crippen LogP contribution in [0.3, 0.4) is 0 Å². The number of carbonyl (C=O) groups is 4. The van der Waals surface area contributed by atoms with E-state index in [2.05, 4.69) is 10.3 Å². The van der Waals surface area contributed by atoms with Crippen molar-refractivity contribution < 1.29 is 37.8 Å². The fourth-order valence-electron chi connectivity index (χ4n) is 6.13. The first-order valence-electron chi connectivity index (χ1n) is 16.8. The highest BCUT2D eigenvalue weighted by atomic mass is 19.1. The number of pyridine rings is 1. The predicted octanol–water partition coefficient (Wildman–Crippen LogP) is 5.48. The minimum absolute atomic E-state index is 0.0175. The molecule has 2 aliphatic heterocycles. The third kappa shape index (κ3) is 10.9. The fourth-order valence-corrected chi connectivity index (χ4v) is 6.13. The van der Waals surface area contributed by atoms with Crippen molar-refractivity contribution in [1.29, 1.82) is 0 Å². The minimum atomic E-state index is -0.679. The number of amides is 3. The molecule has 4 rings (SSSR count). The number of nitrogens with one attached hydrogen (secondary N) is 1. The Bertz CT molecular complexity index is 1390. The monoisotopic (exact) mass is 668 g/mol. The molecule has 12 heteroatoms. The van der Waals surface area contributed by atoms with E-state index in [0.29, 0.717) is 62.7 Å². The Hall–Kier alpha value is -4.22. The topological polar surface area (TPSA) is 127 Å². The van der Waals surface area contributed by atoms with Crippen LogP contribution < -0.4 is 10.1 Å². The zero-order valence-electron chi connectivity index (χ0n) is 28.5. The van der Waals surface area contributed by atoms with Gasteiger partial charge >= 0.3 is 12.1 Å². The van der Waals surface area contributed by atoms with Crippen molar-refractivity contribution in [2.24, 2.45) is 11.8 Å². The summed E-state index contributed by atoms with van der Waals surface area (Å²) in [6.07, 6.45) is 7.08. The SMILES string of the molecule is COC(=O)CC(NC(=O)C1CCCN(C(=O)CCC2CCN(C(=O)OC(C)(C)C)CC2)C1)c1cncc(-c2ccc(OCCF)cc2)c1. The number of carbonyl (C=O) groups excluding carboxylic acids is 4. The summed E-state index contributed by atoms with van der Waals surface area (Å²) in [7, 11) is 1.30. The Labute approximate surface area is 282 Å². The van der Waals surface area contributed by atoms with E-state index in [9.17, 15) is 23.6 Å². The van der Waals surface area contributed by atoms with Gasteiger partial charge in [0.05, 0.1) is 25.5 Å². The summed E-state index contributed by atoms with van der Waals surface area (Å²) in [5, 5.41) is 3.03. The van der Waals surface area contributed by atoms with Gasteiger partial charge in [0.2, 0.25) is 11.8 Å². The molecule has 1 N–H and O–H groups in total. The van der Waals surface area contributed by atoms with E-state index >= 15 is 0 Å². The van der Waals surface area contributed by atoms with Crippen LogP contribution in [0, 0.1) is 11.8 Å². The maximum Gasteiger partial charge on any atom is 0.410 e. The van der Waals surface area contributed by atoms with Crippen molar-refractivity contribution in [3.8, 4) is 16.9 Å². The highest BCUT2D eigenvalue weighted by molar-refractivity contribution is 5.82. The highest BCUT2D eigenvalue weighted by Crippen LogP contribution is 2.28. The first-order chi connectivity index (χ1) is 23.0. The van der Waals surface area contributed by atoms with Crippen LogP contribution in [0.1, 0.15) is 77.3 Å². The molecule has 11 nitrogen and oxygen atoms in total. The Kier molecular flexibility index (Phi) is 13.2. The number of nitrogens with zero attached hydrogens (tertiary/aromatic N) is 3. The van der Waals surface area contributed by atoms with E-state index in [1.165, 1.54) is 7.11 Å². The highest BCUT2D eigenvalue weighted by Gasteiger charge is 2.32. The molecule has 262 valence electrons. The van der Waals surface area contributed by atoms with E-state index in [4.69, 9.17) is 14.2 Å². The Morgan fingerprint density at radius 2 is 1.73 bits per heavy atom. The van der Waals surface area contributed by atoms with Crippen LogP contribution in [0.2, 0.25) is 0 Å². The normalized spacial score (nSPS) is 17.7.